The van der Waals surface area contributed by atoms with Crippen molar-refractivity contribution < 1.29 is 19.7 Å². The number of hydrogen-bond acceptors (Lipinski definition) is 3. The van der Waals surface area contributed by atoms with Crippen LogP contribution in [-0.2, 0) is 9.53 Å². The van der Waals surface area contributed by atoms with Crippen LogP contribution in [0.5, 0.6) is 0 Å². The standard InChI is InChI=1S/C11H20O4/c1-7(2)15-10-5-3-4-9(12)8(10)6-11(13)14/h7-10,12H,3-6H2,1-2H3,(H,13,14). The van der Waals surface area contributed by atoms with E-state index >= 15 is 0 Å². The average Bonchev–Trinajstić information content (AvgIpc) is 2.09. The molecule has 15 heavy (non-hydrogen) atoms. The summed E-state index contributed by atoms with van der Waals surface area (Å²) in [6.45, 7) is 3.86. The highest BCUT2D eigenvalue weighted by atomic mass is 16.5. The van der Waals surface area contributed by atoms with Crippen molar-refractivity contribution in [3.05, 3.63) is 0 Å². The maximum Gasteiger partial charge on any atom is 0.303 e. The lowest BCUT2D eigenvalue weighted by molar-refractivity contribution is -0.145. The lowest BCUT2D eigenvalue weighted by Gasteiger charge is -2.35. The molecule has 1 aliphatic rings. The van der Waals surface area contributed by atoms with Crippen LogP contribution in [0.2, 0.25) is 0 Å². The first kappa shape index (κ1) is 12.5. The SMILES string of the molecule is CC(C)OC1CCCC(O)C1CC(=O)O. The van der Waals surface area contributed by atoms with Crippen molar-refractivity contribution in [3.63, 3.8) is 0 Å². The molecule has 0 aromatic rings. The van der Waals surface area contributed by atoms with E-state index in [2.05, 4.69) is 0 Å². The molecule has 1 aliphatic carbocycles. The summed E-state index contributed by atoms with van der Waals surface area (Å²) in [4.78, 5) is 10.7. The van der Waals surface area contributed by atoms with Crippen LogP contribution in [0.25, 0.3) is 0 Å². The Bertz CT molecular complexity index is 215. The second kappa shape index (κ2) is 5.47. The molecular formula is C11H20O4. The second-order valence-electron chi connectivity index (χ2n) is 4.48. The Morgan fingerprint density at radius 2 is 2.13 bits per heavy atom. The molecule has 0 heterocycles. The van der Waals surface area contributed by atoms with E-state index in [4.69, 9.17) is 9.84 Å². The zero-order chi connectivity index (χ0) is 11.4. The van der Waals surface area contributed by atoms with Gasteiger partial charge in [0, 0.05) is 5.92 Å². The van der Waals surface area contributed by atoms with Gasteiger partial charge in [-0.05, 0) is 33.1 Å². The molecule has 0 amide bonds. The van der Waals surface area contributed by atoms with Crippen LogP contribution in [0.1, 0.15) is 39.5 Å². The summed E-state index contributed by atoms with van der Waals surface area (Å²) in [5, 5.41) is 18.5. The topological polar surface area (TPSA) is 66.8 Å². The van der Waals surface area contributed by atoms with Crippen LogP contribution in [0.4, 0.5) is 0 Å². The molecule has 2 N–H and O–H groups in total. The summed E-state index contributed by atoms with van der Waals surface area (Å²) in [6, 6.07) is 0. The smallest absolute Gasteiger partial charge is 0.303 e. The van der Waals surface area contributed by atoms with E-state index < -0.39 is 12.1 Å². The highest BCUT2D eigenvalue weighted by Gasteiger charge is 2.34. The van der Waals surface area contributed by atoms with Gasteiger partial charge >= 0.3 is 5.97 Å². The average molecular weight is 216 g/mol. The third-order valence-electron chi connectivity index (χ3n) is 2.82. The molecule has 0 aliphatic heterocycles. The van der Waals surface area contributed by atoms with Gasteiger partial charge < -0.3 is 14.9 Å². The van der Waals surface area contributed by atoms with Gasteiger partial charge in [0.15, 0.2) is 0 Å². The van der Waals surface area contributed by atoms with Crippen LogP contribution in [0.3, 0.4) is 0 Å². The summed E-state index contributed by atoms with van der Waals surface area (Å²) in [5.74, 6) is -1.11. The minimum atomic E-state index is -0.863. The molecule has 0 spiro atoms. The van der Waals surface area contributed by atoms with Gasteiger partial charge in [0.2, 0.25) is 0 Å². The van der Waals surface area contributed by atoms with Gasteiger partial charge in [-0.2, -0.15) is 0 Å². The lowest BCUT2D eigenvalue weighted by atomic mass is 9.81. The van der Waals surface area contributed by atoms with Crippen LogP contribution < -0.4 is 0 Å². The molecule has 0 radical (unpaired) electrons. The molecule has 4 heteroatoms. The lowest BCUT2D eigenvalue weighted by Crippen LogP contribution is -2.40. The van der Waals surface area contributed by atoms with Crippen molar-refractivity contribution in [2.45, 2.75) is 57.8 Å². The van der Waals surface area contributed by atoms with Crippen LogP contribution >= 0.6 is 0 Å². The molecule has 4 nitrogen and oxygen atoms in total. The number of carboxylic acid groups (broad SMARTS) is 1. The van der Waals surface area contributed by atoms with Crippen molar-refractivity contribution in [2.75, 3.05) is 0 Å². The number of aliphatic hydroxyl groups is 1. The molecule has 88 valence electrons. The second-order valence-corrected chi connectivity index (χ2v) is 4.48. The van der Waals surface area contributed by atoms with E-state index in [1.807, 2.05) is 13.8 Å². The molecule has 0 saturated heterocycles. The van der Waals surface area contributed by atoms with E-state index in [9.17, 15) is 9.90 Å². The predicted octanol–water partition coefficient (Wildman–Crippen LogP) is 1.42. The zero-order valence-electron chi connectivity index (χ0n) is 9.35. The maximum absolute atomic E-state index is 10.7. The van der Waals surface area contributed by atoms with E-state index in [0.29, 0.717) is 6.42 Å². The molecule has 3 atom stereocenters. The van der Waals surface area contributed by atoms with Crippen molar-refractivity contribution in [3.8, 4) is 0 Å². The van der Waals surface area contributed by atoms with Crippen LogP contribution in [0.15, 0.2) is 0 Å². The molecule has 3 unspecified atom stereocenters. The molecule has 1 fully saturated rings. The van der Waals surface area contributed by atoms with E-state index in [-0.39, 0.29) is 24.5 Å². The molecule has 0 aromatic carbocycles. The highest BCUT2D eigenvalue weighted by Crippen LogP contribution is 2.30. The third kappa shape index (κ3) is 3.80. The van der Waals surface area contributed by atoms with Gasteiger partial charge in [-0.1, -0.05) is 0 Å². The highest BCUT2D eigenvalue weighted by molar-refractivity contribution is 5.67. The first-order valence-electron chi connectivity index (χ1n) is 5.56. The molecule has 0 bridgehead atoms. The first-order valence-corrected chi connectivity index (χ1v) is 5.56. The van der Waals surface area contributed by atoms with Crippen molar-refractivity contribution in [1.29, 1.82) is 0 Å². The van der Waals surface area contributed by atoms with Gasteiger partial charge in [-0.15, -0.1) is 0 Å². The van der Waals surface area contributed by atoms with Crippen LogP contribution in [-0.4, -0.2) is 34.5 Å². The van der Waals surface area contributed by atoms with E-state index in [1.54, 1.807) is 0 Å². The Balaban J connectivity index is 2.59. The molecular weight excluding hydrogens is 196 g/mol. The number of aliphatic carboxylic acids is 1. The van der Waals surface area contributed by atoms with Gasteiger partial charge in [-0.3, -0.25) is 4.79 Å². The predicted molar refractivity (Wildman–Crippen MR) is 55.6 cm³/mol. The third-order valence-corrected chi connectivity index (χ3v) is 2.82. The Kier molecular flexibility index (Phi) is 4.54. The summed E-state index contributed by atoms with van der Waals surface area (Å²) >= 11 is 0. The Hall–Kier alpha value is -0.610. The normalized spacial score (nSPS) is 31.9. The minimum absolute atomic E-state index is 0.00144. The number of ether oxygens (including phenoxy) is 1. The molecule has 0 aromatic heterocycles. The largest absolute Gasteiger partial charge is 0.481 e. The first-order chi connectivity index (χ1) is 7.00. The molecule has 1 rings (SSSR count). The summed E-state index contributed by atoms with van der Waals surface area (Å²) < 4.78 is 5.65. The summed E-state index contributed by atoms with van der Waals surface area (Å²) in [5.41, 5.74) is 0. The quantitative estimate of drug-likeness (QED) is 0.745. The van der Waals surface area contributed by atoms with Gasteiger partial charge in [0.25, 0.3) is 0 Å². The Morgan fingerprint density at radius 3 is 2.67 bits per heavy atom. The van der Waals surface area contributed by atoms with Crippen molar-refractivity contribution in [1.82, 2.24) is 0 Å². The number of carbonyl (C=O) groups is 1. The number of aliphatic hydroxyl groups excluding tert-OH is 1. The zero-order valence-corrected chi connectivity index (χ0v) is 9.35. The fourth-order valence-electron chi connectivity index (χ4n) is 2.19. The van der Waals surface area contributed by atoms with Crippen molar-refractivity contribution in [2.24, 2.45) is 5.92 Å². The summed E-state index contributed by atoms with van der Waals surface area (Å²) in [7, 11) is 0. The van der Waals surface area contributed by atoms with Gasteiger partial charge in [0.05, 0.1) is 24.7 Å². The van der Waals surface area contributed by atoms with E-state index in [0.717, 1.165) is 12.8 Å². The van der Waals surface area contributed by atoms with E-state index in [1.165, 1.54) is 0 Å². The fourth-order valence-corrected chi connectivity index (χ4v) is 2.19. The monoisotopic (exact) mass is 216 g/mol. The Labute approximate surface area is 90.2 Å². The van der Waals surface area contributed by atoms with Gasteiger partial charge in [-0.25, -0.2) is 0 Å². The fraction of sp³-hybridized carbons (Fsp3) is 0.909. The summed E-state index contributed by atoms with van der Waals surface area (Å²) in [6.07, 6.45) is 1.90. The van der Waals surface area contributed by atoms with Gasteiger partial charge in [0.1, 0.15) is 0 Å². The number of hydrogen-bond donors (Lipinski definition) is 2. The molecule has 1 saturated carbocycles. The minimum Gasteiger partial charge on any atom is -0.481 e. The maximum atomic E-state index is 10.7. The number of rotatable bonds is 4. The van der Waals surface area contributed by atoms with Crippen molar-refractivity contribution >= 4 is 5.97 Å². The Morgan fingerprint density at radius 1 is 1.47 bits per heavy atom. The van der Waals surface area contributed by atoms with Crippen LogP contribution in [0, 0.1) is 5.92 Å². The number of carboxylic acids is 1.